The fraction of sp³-hybridized carbons (Fsp3) is 0.571. The van der Waals surface area contributed by atoms with E-state index in [1.54, 1.807) is 29.2 Å². The molecule has 274 valence electrons. The van der Waals surface area contributed by atoms with Crippen LogP contribution in [0.3, 0.4) is 0 Å². The zero-order chi connectivity index (χ0) is 35.9. The maximum absolute atomic E-state index is 13.6. The predicted octanol–water partition coefficient (Wildman–Crippen LogP) is 1.71. The van der Waals surface area contributed by atoms with Crippen LogP contribution in [0, 0.1) is 0 Å². The number of aromatic nitrogens is 2. The van der Waals surface area contributed by atoms with Crippen LogP contribution in [-0.4, -0.2) is 129 Å². The SMILES string of the molecule is O=C(O)CCC(NC(=O)c1cc(OCC(=O)N2CCCC2C(=O)NC2CCC2)n(-c2ccccc2)n1)C(=O)N1CCN(C(=O)OC2CCC2)CC1. The molecule has 4 fully saturated rings. The van der Waals surface area contributed by atoms with Crippen molar-refractivity contribution < 1.29 is 43.3 Å². The van der Waals surface area contributed by atoms with Crippen molar-refractivity contribution in [2.75, 3.05) is 39.3 Å². The third-order valence-corrected chi connectivity index (χ3v) is 10.0. The number of para-hydroxylation sites is 1. The molecule has 2 aliphatic carbocycles. The summed E-state index contributed by atoms with van der Waals surface area (Å²) >= 11 is 0. The van der Waals surface area contributed by atoms with E-state index >= 15 is 0 Å². The number of benzene rings is 1. The lowest BCUT2D eigenvalue weighted by Crippen LogP contribution is -2.56. The van der Waals surface area contributed by atoms with Crippen LogP contribution in [0.4, 0.5) is 4.79 Å². The van der Waals surface area contributed by atoms with Crippen LogP contribution in [0.25, 0.3) is 5.69 Å². The number of amides is 5. The average Bonchev–Trinajstić information content (AvgIpc) is 3.77. The summed E-state index contributed by atoms with van der Waals surface area (Å²) in [4.78, 5) is 81.9. The molecule has 0 bridgehead atoms. The number of hydrogen-bond donors (Lipinski definition) is 3. The van der Waals surface area contributed by atoms with Crippen molar-refractivity contribution >= 4 is 35.7 Å². The van der Waals surface area contributed by atoms with Gasteiger partial charge in [-0.15, -0.1) is 0 Å². The second kappa shape index (κ2) is 16.2. The Balaban J connectivity index is 1.11. The topological polar surface area (TPSA) is 193 Å². The van der Waals surface area contributed by atoms with Crippen molar-refractivity contribution in [3.63, 3.8) is 0 Å². The van der Waals surface area contributed by atoms with Gasteiger partial charge in [0.25, 0.3) is 11.8 Å². The molecule has 2 saturated carbocycles. The Morgan fingerprint density at radius 1 is 0.882 bits per heavy atom. The van der Waals surface area contributed by atoms with Crippen molar-refractivity contribution in [3.05, 3.63) is 42.1 Å². The molecule has 51 heavy (non-hydrogen) atoms. The lowest BCUT2D eigenvalue weighted by atomic mass is 9.93. The van der Waals surface area contributed by atoms with Gasteiger partial charge in [0.15, 0.2) is 12.3 Å². The summed E-state index contributed by atoms with van der Waals surface area (Å²) in [6, 6.07) is 8.61. The van der Waals surface area contributed by atoms with E-state index < -0.39 is 42.6 Å². The van der Waals surface area contributed by atoms with Gasteiger partial charge >= 0.3 is 12.1 Å². The van der Waals surface area contributed by atoms with E-state index in [2.05, 4.69) is 15.7 Å². The van der Waals surface area contributed by atoms with E-state index in [9.17, 15) is 33.9 Å². The van der Waals surface area contributed by atoms with Gasteiger partial charge in [-0.1, -0.05) is 18.2 Å². The van der Waals surface area contributed by atoms with Gasteiger partial charge in [-0.05, 0) is 69.9 Å². The largest absolute Gasteiger partial charge is 0.481 e. The third-order valence-electron chi connectivity index (χ3n) is 10.0. The highest BCUT2D eigenvalue weighted by Gasteiger charge is 2.36. The minimum absolute atomic E-state index is 0.0588. The lowest BCUT2D eigenvalue weighted by molar-refractivity contribution is -0.140. The molecule has 1 aromatic carbocycles. The fourth-order valence-corrected chi connectivity index (χ4v) is 6.53. The van der Waals surface area contributed by atoms with Crippen molar-refractivity contribution in [2.45, 2.75) is 88.4 Å². The minimum Gasteiger partial charge on any atom is -0.481 e. The second-order valence-corrected chi connectivity index (χ2v) is 13.5. The number of likely N-dealkylation sites (tertiary alicyclic amines) is 1. The number of aliphatic carboxylic acids is 1. The Labute approximate surface area is 295 Å². The minimum atomic E-state index is -1.17. The molecule has 2 atom stereocenters. The van der Waals surface area contributed by atoms with Crippen LogP contribution in [0.5, 0.6) is 5.88 Å². The molecular weight excluding hydrogens is 662 g/mol. The molecule has 0 spiro atoms. The van der Waals surface area contributed by atoms with Crippen LogP contribution < -0.4 is 15.4 Å². The maximum atomic E-state index is 13.6. The first-order valence-electron chi connectivity index (χ1n) is 17.8. The Bertz CT molecular complexity index is 1600. The number of ether oxygens (including phenoxy) is 2. The Morgan fingerprint density at radius 3 is 2.24 bits per heavy atom. The van der Waals surface area contributed by atoms with Crippen molar-refractivity contribution in [1.82, 2.24) is 35.1 Å². The molecule has 6 rings (SSSR count). The zero-order valence-electron chi connectivity index (χ0n) is 28.5. The molecule has 2 saturated heterocycles. The van der Waals surface area contributed by atoms with Gasteiger partial charge in [0, 0.05) is 51.3 Å². The van der Waals surface area contributed by atoms with Crippen LogP contribution in [0.15, 0.2) is 36.4 Å². The van der Waals surface area contributed by atoms with Crippen LogP contribution in [0.2, 0.25) is 0 Å². The highest BCUT2D eigenvalue weighted by molar-refractivity contribution is 5.96. The molecule has 0 radical (unpaired) electrons. The van der Waals surface area contributed by atoms with Gasteiger partial charge in [-0.2, -0.15) is 5.10 Å². The molecule has 1 aromatic heterocycles. The van der Waals surface area contributed by atoms with Gasteiger partial charge in [0.2, 0.25) is 17.7 Å². The predicted molar refractivity (Wildman–Crippen MR) is 180 cm³/mol. The standard InChI is InChI=1S/C35H45N7O9/c43-29(41-16-6-13-28(41)33(47)36-23-7-4-8-23)22-50-30-21-27(38-42(30)24-9-2-1-3-10-24)32(46)37-26(14-15-31(44)45)34(48)39-17-19-40(20-18-39)35(49)51-25-11-5-12-25/h1-3,9-10,21,23,25-26,28H,4-8,11-20,22H2,(H,36,47)(H,37,46)(H,44,45). The Kier molecular flexibility index (Phi) is 11.4. The average molecular weight is 708 g/mol. The summed E-state index contributed by atoms with van der Waals surface area (Å²) in [6.07, 6.45) is 5.98. The van der Waals surface area contributed by atoms with E-state index in [0.29, 0.717) is 25.1 Å². The van der Waals surface area contributed by atoms with E-state index in [0.717, 1.165) is 38.5 Å². The van der Waals surface area contributed by atoms with Crippen molar-refractivity contribution in [1.29, 1.82) is 0 Å². The zero-order valence-corrected chi connectivity index (χ0v) is 28.5. The van der Waals surface area contributed by atoms with Gasteiger partial charge < -0.3 is 39.9 Å². The molecule has 5 amide bonds. The molecule has 2 unspecified atom stereocenters. The second-order valence-electron chi connectivity index (χ2n) is 13.5. The molecule has 16 nitrogen and oxygen atoms in total. The summed E-state index contributed by atoms with van der Waals surface area (Å²) in [5.41, 5.74) is 0.432. The monoisotopic (exact) mass is 707 g/mol. The van der Waals surface area contributed by atoms with Crippen LogP contribution in [0.1, 0.15) is 74.7 Å². The highest BCUT2D eigenvalue weighted by Crippen LogP contribution is 2.25. The third kappa shape index (κ3) is 8.78. The number of carbonyl (C=O) groups is 6. The smallest absolute Gasteiger partial charge is 0.410 e. The molecule has 4 aliphatic rings. The van der Waals surface area contributed by atoms with E-state index in [-0.39, 0.29) is 74.6 Å². The van der Waals surface area contributed by atoms with E-state index in [1.165, 1.54) is 20.5 Å². The number of carboxylic acid groups (broad SMARTS) is 1. The maximum Gasteiger partial charge on any atom is 0.410 e. The molecule has 2 aliphatic heterocycles. The van der Waals surface area contributed by atoms with Gasteiger partial charge in [0.1, 0.15) is 18.2 Å². The molecular formula is C35H45N7O9. The summed E-state index contributed by atoms with van der Waals surface area (Å²) in [6.45, 7) is 0.941. The number of piperazine rings is 1. The molecule has 3 heterocycles. The fourth-order valence-electron chi connectivity index (χ4n) is 6.53. The highest BCUT2D eigenvalue weighted by atomic mass is 16.6. The van der Waals surface area contributed by atoms with Crippen LogP contribution in [-0.2, 0) is 23.9 Å². The number of hydrogen-bond acceptors (Lipinski definition) is 9. The number of nitrogens with zero attached hydrogens (tertiary/aromatic N) is 5. The van der Waals surface area contributed by atoms with Crippen molar-refractivity contribution in [2.24, 2.45) is 0 Å². The first-order chi connectivity index (χ1) is 24.7. The summed E-state index contributed by atoms with van der Waals surface area (Å²) in [7, 11) is 0. The molecule has 2 aromatic rings. The number of rotatable bonds is 13. The van der Waals surface area contributed by atoms with Gasteiger partial charge in [-0.3, -0.25) is 24.0 Å². The van der Waals surface area contributed by atoms with Gasteiger partial charge in [-0.25, -0.2) is 9.48 Å². The molecule has 16 heteroatoms. The van der Waals surface area contributed by atoms with Crippen LogP contribution >= 0.6 is 0 Å². The Morgan fingerprint density at radius 2 is 1.59 bits per heavy atom. The van der Waals surface area contributed by atoms with E-state index in [4.69, 9.17) is 9.47 Å². The summed E-state index contributed by atoms with van der Waals surface area (Å²) in [5, 5.41) is 19.5. The number of carboxylic acids is 1. The first kappa shape index (κ1) is 35.7. The lowest BCUT2D eigenvalue weighted by Gasteiger charge is -2.37. The van der Waals surface area contributed by atoms with Crippen molar-refractivity contribution in [3.8, 4) is 11.6 Å². The first-order valence-corrected chi connectivity index (χ1v) is 17.8. The summed E-state index contributed by atoms with van der Waals surface area (Å²) in [5.74, 6) is -2.77. The molecule has 3 N–H and O–H groups in total. The van der Waals surface area contributed by atoms with E-state index in [1.807, 2.05) is 6.07 Å². The summed E-state index contributed by atoms with van der Waals surface area (Å²) < 4.78 is 12.8. The quantitative estimate of drug-likeness (QED) is 0.276. The Hall–Kier alpha value is -5.15. The normalized spacial score (nSPS) is 19.8. The number of carbonyl (C=O) groups excluding carboxylic acids is 5. The van der Waals surface area contributed by atoms with Gasteiger partial charge in [0.05, 0.1) is 5.69 Å². The number of nitrogens with one attached hydrogen (secondary N) is 2.